The zero-order valence-electron chi connectivity index (χ0n) is 28.4. The summed E-state index contributed by atoms with van der Waals surface area (Å²) in [5.41, 5.74) is 3.44. The van der Waals surface area contributed by atoms with Gasteiger partial charge in [-0.25, -0.2) is 8.42 Å². The highest BCUT2D eigenvalue weighted by molar-refractivity contribution is 7.92. The predicted octanol–water partition coefficient (Wildman–Crippen LogP) is 7.78. The summed E-state index contributed by atoms with van der Waals surface area (Å²) in [7, 11) is -3.87. The quantitative estimate of drug-likeness (QED) is 0.172. The fourth-order valence-corrected chi connectivity index (χ4v) is 10.1. The predicted molar refractivity (Wildman–Crippen MR) is 197 cm³/mol. The summed E-state index contributed by atoms with van der Waals surface area (Å²) in [4.78, 5) is 29.8. The highest BCUT2D eigenvalue weighted by atomic mass is 35.5. The Balaban J connectivity index is 1.30. The molecule has 1 atom stereocenters. The Morgan fingerprint density at radius 1 is 0.878 bits per heavy atom. The highest BCUT2D eigenvalue weighted by Gasteiger charge is 2.51. The molecule has 1 N–H and O–H groups in total. The molecule has 0 unspecified atom stereocenters. The van der Waals surface area contributed by atoms with Gasteiger partial charge in [0.1, 0.15) is 12.6 Å². The molecule has 10 heteroatoms. The van der Waals surface area contributed by atoms with Crippen LogP contribution in [0.4, 0.5) is 5.69 Å². The van der Waals surface area contributed by atoms with Crippen molar-refractivity contribution in [1.29, 1.82) is 0 Å². The third-order valence-electron chi connectivity index (χ3n) is 10.9. The van der Waals surface area contributed by atoms with Crippen LogP contribution in [0, 0.1) is 17.8 Å². The number of halogens is 2. The number of unbranched alkanes of at least 4 members (excludes halogenated alkanes) is 1. The lowest BCUT2D eigenvalue weighted by molar-refractivity contribution is -0.140. The fourth-order valence-electron chi connectivity index (χ4n) is 8.95. The van der Waals surface area contributed by atoms with Crippen molar-refractivity contribution in [2.75, 3.05) is 23.7 Å². The van der Waals surface area contributed by atoms with Crippen LogP contribution >= 0.6 is 23.2 Å². The number of carbonyl (C=O) groups excluding carboxylic acids is 2. The normalized spacial score (nSPS) is 23.2. The molecule has 0 aromatic heterocycles. The van der Waals surface area contributed by atoms with E-state index in [-0.39, 0.29) is 24.3 Å². The minimum atomic E-state index is -3.87. The average molecular weight is 725 g/mol. The molecule has 262 valence electrons. The first-order chi connectivity index (χ1) is 23.4. The number of nitrogens with one attached hydrogen (secondary N) is 1. The van der Waals surface area contributed by atoms with Crippen LogP contribution in [-0.2, 0) is 38.0 Å². The molecule has 49 heavy (non-hydrogen) atoms. The number of nitrogens with zero attached hydrogens (tertiary/aromatic N) is 2. The van der Waals surface area contributed by atoms with Crippen LogP contribution < -0.4 is 9.62 Å². The molecule has 4 bridgehead atoms. The maximum atomic E-state index is 14.5. The smallest absolute Gasteiger partial charge is 0.244 e. The summed E-state index contributed by atoms with van der Waals surface area (Å²) in [6.45, 7) is 2.10. The molecule has 0 spiro atoms. The Labute approximate surface area is 301 Å². The van der Waals surface area contributed by atoms with E-state index in [9.17, 15) is 18.0 Å². The summed E-state index contributed by atoms with van der Waals surface area (Å²) in [6.07, 6.45) is 10.7. The number of benzene rings is 3. The molecule has 2 amide bonds. The van der Waals surface area contributed by atoms with E-state index in [2.05, 4.69) is 17.4 Å². The Hall–Kier alpha value is -3.07. The molecular formula is C39H47Cl2N3O4S. The molecule has 3 aromatic carbocycles. The number of amides is 2. The van der Waals surface area contributed by atoms with Crippen molar-refractivity contribution in [3.8, 4) is 0 Å². The van der Waals surface area contributed by atoms with Gasteiger partial charge in [0.05, 0.1) is 22.0 Å². The zero-order valence-corrected chi connectivity index (χ0v) is 30.7. The fraction of sp³-hybridized carbons (Fsp3) is 0.487. The van der Waals surface area contributed by atoms with Crippen molar-refractivity contribution >= 4 is 50.7 Å². The molecule has 7 rings (SSSR count). The van der Waals surface area contributed by atoms with Gasteiger partial charge in [0.15, 0.2) is 0 Å². The van der Waals surface area contributed by atoms with Crippen LogP contribution in [0.5, 0.6) is 0 Å². The third-order valence-corrected chi connectivity index (χ3v) is 12.8. The van der Waals surface area contributed by atoms with E-state index in [1.165, 1.54) is 49.0 Å². The molecule has 4 aliphatic rings. The first-order valence-electron chi connectivity index (χ1n) is 17.6. The largest absolute Gasteiger partial charge is 0.354 e. The lowest BCUT2D eigenvalue weighted by Crippen LogP contribution is -2.53. The van der Waals surface area contributed by atoms with Crippen molar-refractivity contribution in [3.05, 3.63) is 99.5 Å². The third kappa shape index (κ3) is 8.29. The van der Waals surface area contributed by atoms with E-state index in [0.717, 1.165) is 46.7 Å². The molecule has 0 aliphatic heterocycles. The van der Waals surface area contributed by atoms with Crippen molar-refractivity contribution in [3.63, 3.8) is 0 Å². The molecule has 4 aliphatic carbocycles. The Morgan fingerprint density at radius 3 is 2.08 bits per heavy atom. The molecule has 4 saturated carbocycles. The molecule has 0 heterocycles. The zero-order chi connectivity index (χ0) is 34.8. The number of hydrogen-bond acceptors (Lipinski definition) is 4. The van der Waals surface area contributed by atoms with Gasteiger partial charge in [0.2, 0.25) is 21.8 Å². The second-order valence-electron chi connectivity index (χ2n) is 14.6. The van der Waals surface area contributed by atoms with Gasteiger partial charge >= 0.3 is 0 Å². The molecule has 4 fully saturated rings. The standard InChI is InChI=1S/C39H47Cl2N3O4S/c1-3-4-16-42-38(46)36(21-27-8-6-5-7-9-27)43(25-28-10-15-34(40)35(41)20-28)37(45)26-44(49(2,47)48)33-13-11-32(12-14-33)39-22-29-17-30(23-39)19-31(18-29)24-39/h5-15,20,29-31,36H,3-4,16-19,21-26H2,1-2H3,(H,42,46)/t29?,30?,31?,36-,39?/m0/s1. The van der Waals surface area contributed by atoms with Crippen LogP contribution in [-0.4, -0.2) is 50.5 Å². The van der Waals surface area contributed by atoms with Crippen molar-refractivity contribution in [1.82, 2.24) is 10.2 Å². The minimum absolute atomic E-state index is 0.0387. The van der Waals surface area contributed by atoms with Gasteiger partial charge in [0.25, 0.3) is 0 Å². The number of anilines is 1. The summed E-state index contributed by atoms with van der Waals surface area (Å²) < 4.78 is 27.9. The second-order valence-corrected chi connectivity index (χ2v) is 17.4. The Morgan fingerprint density at radius 2 is 1.51 bits per heavy atom. The average Bonchev–Trinajstić information content (AvgIpc) is 3.06. The molecular weight excluding hydrogens is 677 g/mol. The van der Waals surface area contributed by atoms with Crippen LogP contribution in [0.25, 0.3) is 0 Å². The lowest BCUT2D eigenvalue weighted by atomic mass is 9.48. The number of hydrogen-bond donors (Lipinski definition) is 1. The monoisotopic (exact) mass is 723 g/mol. The van der Waals surface area contributed by atoms with Crippen LogP contribution in [0.1, 0.15) is 75.0 Å². The van der Waals surface area contributed by atoms with Crippen molar-refractivity contribution in [2.24, 2.45) is 17.8 Å². The topological polar surface area (TPSA) is 86.8 Å². The molecule has 0 saturated heterocycles. The summed E-state index contributed by atoms with van der Waals surface area (Å²) in [5.74, 6) is 1.59. The second kappa shape index (κ2) is 15.0. The summed E-state index contributed by atoms with van der Waals surface area (Å²) in [6, 6.07) is 21.6. The first-order valence-corrected chi connectivity index (χ1v) is 20.2. The SMILES string of the molecule is CCCCNC(=O)[C@H](Cc1ccccc1)N(Cc1ccc(Cl)c(Cl)c1)C(=O)CN(c1ccc(C23CC4CC(CC(C4)C2)C3)cc1)S(C)(=O)=O. The van der Waals surface area contributed by atoms with Crippen molar-refractivity contribution < 1.29 is 18.0 Å². The van der Waals surface area contributed by atoms with E-state index in [1.807, 2.05) is 49.4 Å². The van der Waals surface area contributed by atoms with Gasteiger partial charge in [-0.05, 0) is 109 Å². The maximum absolute atomic E-state index is 14.5. The molecule has 7 nitrogen and oxygen atoms in total. The van der Waals surface area contributed by atoms with Gasteiger partial charge in [-0.1, -0.05) is 85.1 Å². The maximum Gasteiger partial charge on any atom is 0.244 e. The van der Waals surface area contributed by atoms with Gasteiger partial charge in [-0.2, -0.15) is 0 Å². The van der Waals surface area contributed by atoms with Crippen molar-refractivity contribution in [2.45, 2.75) is 82.7 Å². The van der Waals surface area contributed by atoms with E-state index in [1.54, 1.807) is 18.2 Å². The highest BCUT2D eigenvalue weighted by Crippen LogP contribution is 2.60. The number of sulfonamides is 1. The Kier molecular flexibility index (Phi) is 11.0. The minimum Gasteiger partial charge on any atom is -0.354 e. The number of carbonyl (C=O) groups is 2. The number of rotatable bonds is 14. The lowest BCUT2D eigenvalue weighted by Gasteiger charge is -2.57. The van der Waals surface area contributed by atoms with Gasteiger partial charge in [-0.3, -0.25) is 13.9 Å². The summed E-state index contributed by atoms with van der Waals surface area (Å²) in [5, 5.41) is 3.71. The van der Waals surface area contributed by atoms with Crippen LogP contribution in [0.2, 0.25) is 10.0 Å². The molecule has 3 aromatic rings. The van der Waals surface area contributed by atoms with E-state index in [4.69, 9.17) is 23.2 Å². The Bertz CT molecular complexity index is 1710. The summed E-state index contributed by atoms with van der Waals surface area (Å²) >= 11 is 12.6. The van der Waals surface area contributed by atoms with Gasteiger partial charge in [0, 0.05) is 19.5 Å². The van der Waals surface area contributed by atoms with E-state index >= 15 is 0 Å². The van der Waals surface area contributed by atoms with E-state index < -0.39 is 28.5 Å². The van der Waals surface area contributed by atoms with Crippen LogP contribution in [0.15, 0.2) is 72.8 Å². The first kappa shape index (κ1) is 35.7. The van der Waals surface area contributed by atoms with Gasteiger partial charge < -0.3 is 10.2 Å². The molecule has 0 radical (unpaired) electrons. The van der Waals surface area contributed by atoms with Crippen LogP contribution in [0.3, 0.4) is 0 Å². The van der Waals surface area contributed by atoms with E-state index in [0.29, 0.717) is 27.8 Å². The van der Waals surface area contributed by atoms with Gasteiger partial charge in [-0.15, -0.1) is 0 Å².